The Balaban J connectivity index is 2.12. The minimum atomic E-state index is -0.713. The van der Waals surface area contributed by atoms with E-state index in [0.717, 1.165) is 12.1 Å². The Morgan fingerprint density at radius 3 is 2.67 bits per heavy atom. The summed E-state index contributed by atoms with van der Waals surface area (Å²) in [6, 6.07) is 5.93. The molecule has 2 rings (SSSR count). The van der Waals surface area contributed by atoms with Crippen LogP contribution in [0.25, 0.3) is 6.08 Å². The molecule has 0 saturated carbocycles. The van der Waals surface area contributed by atoms with E-state index in [2.05, 4.69) is 5.32 Å². The first-order chi connectivity index (χ1) is 12.8. The lowest BCUT2D eigenvalue weighted by Gasteiger charge is -2.14. The third kappa shape index (κ3) is 5.44. The molecule has 2 aromatic carbocycles. The second kappa shape index (κ2) is 9.37. The maximum atomic E-state index is 13.8. The average molecular weight is 396 g/mol. The van der Waals surface area contributed by atoms with Gasteiger partial charge < -0.3 is 14.8 Å². The van der Waals surface area contributed by atoms with E-state index < -0.39 is 23.6 Å². The van der Waals surface area contributed by atoms with Crippen molar-refractivity contribution in [3.63, 3.8) is 0 Å². The second-order valence-corrected chi connectivity index (χ2v) is 6.10. The number of carbonyl (C=O) groups excluding carboxylic acids is 1. The molecule has 1 amide bonds. The van der Waals surface area contributed by atoms with Gasteiger partial charge in [0.1, 0.15) is 11.6 Å². The number of ether oxygens (including phenoxy) is 2. The number of halogens is 3. The van der Waals surface area contributed by atoms with E-state index in [0.29, 0.717) is 28.7 Å². The van der Waals surface area contributed by atoms with Crippen LogP contribution in [-0.4, -0.2) is 19.6 Å². The topological polar surface area (TPSA) is 47.6 Å². The number of hydrogen-bond acceptors (Lipinski definition) is 3. The Hall–Kier alpha value is -2.60. The number of nitrogens with one attached hydrogen (secondary N) is 1. The van der Waals surface area contributed by atoms with E-state index >= 15 is 0 Å². The molecule has 0 saturated heterocycles. The van der Waals surface area contributed by atoms with Crippen molar-refractivity contribution in [2.45, 2.75) is 19.9 Å². The fourth-order valence-electron chi connectivity index (χ4n) is 2.51. The van der Waals surface area contributed by atoms with Gasteiger partial charge in [0.15, 0.2) is 11.5 Å². The van der Waals surface area contributed by atoms with Crippen LogP contribution in [0.1, 0.15) is 31.0 Å². The van der Waals surface area contributed by atoms with Crippen molar-refractivity contribution in [1.82, 2.24) is 5.32 Å². The van der Waals surface area contributed by atoms with Gasteiger partial charge >= 0.3 is 0 Å². The lowest BCUT2D eigenvalue weighted by Crippen LogP contribution is -2.25. The third-order valence-electron chi connectivity index (χ3n) is 3.75. The molecule has 0 aliphatic heterocycles. The van der Waals surface area contributed by atoms with Crippen LogP contribution in [0.5, 0.6) is 11.5 Å². The van der Waals surface area contributed by atoms with E-state index in [1.807, 2.05) is 6.92 Å². The highest BCUT2D eigenvalue weighted by molar-refractivity contribution is 6.32. The predicted octanol–water partition coefficient (Wildman–Crippen LogP) is 4.92. The van der Waals surface area contributed by atoms with E-state index in [1.54, 1.807) is 25.1 Å². The van der Waals surface area contributed by atoms with E-state index in [4.69, 9.17) is 21.1 Å². The number of rotatable bonds is 7. The summed E-state index contributed by atoms with van der Waals surface area (Å²) in [5.74, 6) is -0.933. The van der Waals surface area contributed by atoms with Gasteiger partial charge in [0, 0.05) is 17.7 Å². The molecule has 144 valence electrons. The maximum Gasteiger partial charge on any atom is 0.244 e. The molecular weight excluding hydrogens is 376 g/mol. The van der Waals surface area contributed by atoms with Crippen molar-refractivity contribution in [2.24, 2.45) is 0 Å². The van der Waals surface area contributed by atoms with Gasteiger partial charge in [-0.15, -0.1) is 0 Å². The van der Waals surface area contributed by atoms with Crippen molar-refractivity contribution in [3.8, 4) is 11.5 Å². The monoisotopic (exact) mass is 395 g/mol. The largest absolute Gasteiger partial charge is 0.491 e. The number of hydrogen-bond donors (Lipinski definition) is 1. The molecule has 0 aromatic heterocycles. The van der Waals surface area contributed by atoms with Crippen LogP contribution in [-0.2, 0) is 4.79 Å². The summed E-state index contributed by atoms with van der Waals surface area (Å²) in [5, 5.41) is 2.98. The molecule has 0 aliphatic rings. The summed E-state index contributed by atoms with van der Waals surface area (Å²) < 4.78 is 37.5. The molecule has 1 N–H and O–H groups in total. The highest BCUT2D eigenvalue weighted by Gasteiger charge is 2.14. The van der Waals surface area contributed by atoms with E-state index in [-0.39, 0.29) is 5.56 Å². The van der Waals surface area contributed by atoms with Crippen LogP contribution < -0.4 is 14.8 Å². The molecule has 0 heterocycles. The average Bonchev–Trinajstić information content (AvgIpc) is 2.60. The molecule has 27 heavy (non-hydrogen) atoms. The number of amides is 1. The molecule has 0 fully saturated rings. The standard InChI is InChI=1S/C20H20ClF2NO3/c1-4-27-18-10-13(9-16(21)20(18)26-3)5-8-19(25)24-12(2)15-7-6-14(22)11-17(15)23/h5-12H,4H2,1-3H3,(H,24,25)/b8-5+/t12-/m1/s1. The molecule has 1 atom stereocenters. The zero-order valence-electron chi connectivity index (χ0n) is 15.2. The Kier molecular flexibility index (Phi) is 7.19. The lowest BCUT2D eigenvalue weighted by molar-refractivity contribution is -0.117. The van der Waals surface area contributed by atoms with Crippen molar-refractivity contribution in [1.29, 1.82) is 0 Å². The van der Waals surface area contributed by atoms with Crippen LogP contribution in [0.3, 0.4) is 0 Å². The first kappa shape index (κ1) is 20.7. The Morgan fingerprint density at radius 2 is 2.04 bits per heavy atom. The summed E-state index contributed by atoms with van der Waals surface area (Å²) in [6.45, 7) is 3.87. The molecule has 0 unspecified atom stereocenters. The lowest BCUT2D eigenvalue weighted by atomic mass is 10.1. The fourth-order valence-corrected chi connectivity index (χ4v) is 2.81. The first-order valence-electron chi connectivity index (χ1n) is 8.29. The zero-order chi connectivity index (χ0) is 20.0. The predicted molar refractivity (Wildman–Crippen MR) is 101 cm³/mol. The van der Waals surface area contributed by atoms with Crippen molar-refractivity contribution < 1.29 is 23.0 Å². The summed E-state index contributed by atoms with van der Waals surface area (Å²) >= 11 is 6.17. The fraction of sp³-hybridized carbons (Fsp3) is 0.250. The molecule has 0 bridgehead atoms. The smallest absolute Gasteiger partial charge is 0.244 e. The van der Waals surface area contributed by atoms with Gasteiger partial charge in [0.25, 0.3) is 0 Å². The van der Waals surface area contributed by atoms with Crippen LogP contribution in [0.2, 0.25) is 5.02 Å². The summed E-state index contributed by atoms with van der Waals surface area (Å²) in [4.78, 5) is 12.1. The van der Waals surface area contributed by atoms with E-state index in [1.165, 1.54) is 19.3 Å². The molecule has 2 aromatic rings. The van der Waals surface area contributed by atoms with Gasteiger partial charge in [-0.25, -0.2) is 8.78 Å². The molecule has 0 radical (unpaired) electrons. The van der Waals surface area contributed by atoms with Gasteiger partial charge in [-0.2, -0.15) is 0 Å². The van der Waals surface area contributed by atoms with Crippen molar-refractivity contribution >= 4 is 23.6 Å². The molecule has 4 nitrogen and oxygen atoms in total. The quantitative estimate of drug-likeness (QED) is 0.677. The molecular formula is C20H20ClF2NO3. The van der Waals surface area contributed by atoms with Crippen LogP contribution >= 0.6 is 11.6 Å². The highest BCUT2D eigenvalue weighted by Crippen LogP contribution is 2.36. The van der Waals surface area contributed by atoms with Gasteiger partial charge in [-0.1, -0.05) is 17.7 Å². The minimum absolute atomic E-state index is 0.198. The van der Waals surface area contributed by atoms with Gasteiger partial charge in [0.2, 0.25) is 5.91 Å². The number of carbonyl (C=O) groups is 1. The SMILES string of the molecule is CCOc1cc(/C=C/C(=O)N[C@H](C)c2ccc(F)cc2F)cc(Cl)c1OC. The van der Waals surface area contributed by atoms with Gasteiger partial charge in [0.05, 0.1) is 24.8 Å². The maximum absolute atomic E-state index is 13.8. The Morgan fingerprint density at radius 1 is 1.30 bits per heavy atom. The van der Waals surface area contributed by atoms with Crippen LogP contribution in [0.4, 0.5) is 8.78 Å². The normalized spacial score (nSPS) is 12.1. The van der Waals surface area contributed by atoms with Crippen LogP contribution in [0, 0.1) is 11.6 Å². The Bertz CT molecular complexity index is 855. The summed E-state index contributed by atoms with van der Waals surface area (Å²) in [5.41, 5.74) is 0.837. The second-order valence-electron chi connectivity index (χ2n) is 5.70. The minimum Gasteiger partial charge on any atom is -0.491 e. The Labute approximate surface area is 161 Å². The zero-order valence-corrected chi connectivity index (χ0v) is 15.9. The third-order valence-corrected chi connectivity index (χ3v) is 4.03. The van der Waals surface area contributed by atoms with E-state index in [9.17, 15) is 13.6 Å². The number of methoxy groups -OCH3 is 1. The van der Waals surface area contributed by atoms with Crippen molar-refractivity contribution in [3.05, 3.63) is 64.2 Å². The summed E-state index contributed by atoms with van der Waals surface area (Å²) in [7, 11) is 1.49. The summed E-state index contributed by atoms with van der Waals surface area (Å²) in [6.07, 6.45) is 2.85. The van der Waals surface area contributed by atoms with Crippen molar-refractivity contribution in [2.75, 3.05) is 13.7 Å². The van der Waals surface area contributed by atoms with Gasteiger partial charge in [-0.3, -0.25) is 4.79 Å². The molecule has 0 aliphatic carbocycles. The van der Waals surface area contributed by atoms with Gasteiger partial charge in [-0.05, 0) is 43.7 Å². The first-order valence-corrected chi connectivity index (χ1v) is 8.67. The van der Waals surface area contributed by atoms with Crippen LogP contribution in [0.15, 0.2) is 36.4 Å². The highest BCUT2D eigenvalue weighted by atomic mass is 35.5. The number of benzene rings is 2. The molecule has 0 spiro atoms. The molecule has 7 heteroatoms.